The fraction of sp³-hybridized carbons (Fsp3) is 0.267. The molecule has 0 amide bonds. The molecule has 25 heavy (non-hydrogen) atoms. The molecule has 1 heterocycles. The number of rotatable bonds is 6. The third kappa shape index (κ3) is 4.35. The van der Waals surface area contributed by atoms with Gasteiger partial charge in [-0.15, -0.1) is 0 Å². The van der Waals surface area contributed by atoms with Gasteiger partial charge < -0.3 is 23.7 Å². The van der Waals surface area contributed by atoms with Gasteiger partial charge in [-0.25, -0.2) is 8.42 Å². The number of ether oxygens (including phenoxy) is 3. The highest BCUT2D eigenvalue weighted by Gasteiger charge is 2.26. The summed E-state index contributed by atoms with van der Waals surface area (Å²) in [5, 5.41) is 10.3. The number of hydrogen-bond acceptors (Lipinski definition) is 8. The summed E-state index contributed by atoms with van der Waals surface area (Å²) in [6, 6.07) is 4.66. The molecule has 1 aromatic carbocycles. The van der Waals surface area contributed by atoms with Crippen LogP contribution >= 0.6 is 0 Å². The Balaban J connectivity index is 2.64. The Morgan fingerprint density at radius 2 is 1.72 bits per heavy atom. The van der Waals surface area contributed by atoms with Crippen LogP contribution in [0.25, 0.3) is 11.3 Å². The van der Waals surface area contributed by atoms with E-state index in [1.54, 1.807) is 6.07 Å². The van der Waals surface area contributed by atoms with Gasteiger partial charge in [0.2, 0.25) is 21.5 Å². The van der Waals surface area contributed by atoms with E-state index in [1.165, 1.54) is 26.4 Å². The second-order valence-electron chi connectivity index (χ2n) is 5.01. The van der Waals surface area contributed by atoms with Crippen LogP contribution in [0.2, 0.25) is 0 Å². The minimum atomic E-state index is -3.74. The van der Waals surface area contributed by atoms with Crippen molar-refractivity contribution < 1.29 is 36.9 Å². The number of anilines is 1. The van der Waals surface area contributed by atoms with Crippen LogP contribution < -0.4 is 18.9 Å². The van der Waals surface area contributed by atoms with Crippen molar-refractivity contribution in [2.75, 3.05) is 25.2 Å². The van der Waals surface area contributed by atoms with Crippen LogP contribution in [0.1, 0.15) is 6.92 Å². The molecule has 0 radical (unpaired) electrons. The average molecular weight is 371 g/mol. The highest BCUT2D eigenvalue weighted by Crippen LogP contribution is 2.47. The number of esters is 1. The zero-order valence-corrected chi connectivity index (χ0v) is 14.8. The molecular formula is C15H17NO8S. The van der Waals surface area contributed by atoms with E-state index in [2.05, 4.69) is 0 Å². The Bertz CT molecular complexity index is 878. The molecule has 0 spiro atoms. The monoisotopic (exact) mass is 371 g/mol. The molecule has 136 valence electrons. The molecule has 10 heteroatoms. The third-order valence-corrected chi connectivity index (χ3v) is 3.53. The van der Waals surface area contributed by atoms with Gasteiger partial charge in [-0.1, -0.05) is 0 Å². The Labute approximate surface area is 144 Å². The maximum absolute atomic E-state index is 11.5. The van der Waals surface area contributed by atoms with Crippen LogP contribution in [0.4, 0.5) is 5.88 Å². The number of carbonyl (C=O) groups is 1. The molecular weight excluding hydrogens is 354 g/mol. The van der Waals surface area contributed by atoms with Crippen LogP contribution in [-0.4, -0.2) is 40.0 Å². The van der Waals surface area contributed by atoms with Crippen LogP contribution in [0.3, 0.4) is 0 Å². The molecule has 9 nitrogen and oxygen atoms in total. The number of methoxy groups -OCH3 is 2. The van der Waals surface area contributed by atoms with E-state index in [-0.39, 0.29) is 5.76 Å². The largest absolute Gasteiger partial charge is 0.502 e. The van der Waals surface area contributed by atoms with Gasteiger partial charge in [-0.2, -0.15) is 0 Å². The lowest BCUT2D eigenvalue weighted by atomic mass is 10.1. The average Bonchev–Trinajstić information content (AvgIpc) is 2.81. The van der Waals surface area contributed by atoms with Crippen molar-refractivity contribution in [3.63, 3.8) is 0 Å². The number of nitrogens with one attached hydrogen (secondary N) is 1. The van der Waals surface area contributed by atoms with E-state index in [4.69, 9.17) is 18.6 Å². The summed E-state index contributed by atoms with van der Waals surface area (Å²) in [4.78, 5) is 11.2. The van der Waals surface area contributed by atoms with Crippen LogP contribution in [-0.2, 0) is 14.8 Å². The zero-order valence-electron chi connectivity index (χ0n) is 13.9. The van der Waals surface area contributed by atoms with Crippen LogP contribution in [0, 0.1) is 0 Å². The number of aromatic hydroxyl groups is 1. The summed E-state index contributed by atoms with van der Waals surface area (Å²) in [6.07, 6.45) is 0.887. The molecule has 0 aliphatic heterocycles. The van der Waals surface area contributed by atoms with Crippen molar-refractivity contribution in [3.05, 3.63) is 18.2 Å². The summed E-state index contributed by atoms with van der Waals surface area (Å²) in [5.41, 5.74) is 0.323. The standard InChI is InChI=1S/C15H17NO8S/c1-8(17)23-14-12(18)13(24-15(14)16-25(4,19)20)9-5-10(21-2)7-11(6-9)22-3/h5-7,16,18H,1-4H3. The minimum Gasteiger partial charge on any atom is -0.502 e. The van der Waals surface area contributed by atoms with E-state index in [9.17, 15) is 18.3 Å². The first-order valence-electron chi connectivity index (χ1n) is 6.90. The Kier molecular flexibility index (Phi) is 5.12. The molecule has 0 saturated carbocycles. The van der Waals surface area contributed by atoms with Gasteiger partial charge in [0.1, 0.15) is 11.5 Å². The van der Waals surface area contributed by atoms with Crippen molar-refractivity contribution in [1.82, 2.24) is 0 Å². The molecule has 2 aromatic rings. The van der Waals surface area contributed by atoms with E-state index < -0.39 is 33.4 Å². The van der Waals surface area contributed by atoms with Crippen LogP contribution in [0.5, 0.6) is 23.0 Å². The van der Waals surface area contributed by atoms with E-state index in [0.717, 1.165) is 13.2 Å². The fourth-order valence-electron chi connectivity index (χ4n) is 2.02. The van der Waals surface area contributed by atoms with Gasteiger partial charge in [0.05, 0.1) is 20.5 Å². The van der Waals surface area contributed by atoms with Gasteiger partial charge in [-0.05, 0) is 12.1 Å². The van der Waals surface area contributed by atoms with Gasteiger partial charge >= 0.3 is 5.97 Å². The highest BCUT2D eigenvalue weighted by atomic mass is 32.2. The molecule has 0 atom stereocenters. The first-order chi connectivity index (χ1) is 11.6. The molecule has 1 aromatic heterocycles. The lowest BCUT2D eigenvalue weighted by molar-refractivity contribution is -0.131. The first kappa shape index (κ1) is 18.5. The van der Waals surface area contributed by atoms with Gasteiger partial charge in [-0.3, -0.25) is 9.52 Å². The first-order valence-corrected chi connectivity index (χ1v) is 8.79. The van der Waals surface area contributed by atoms with E-state index in [1.807, 2.05) is 4.72 Å². The summed E-state index contributed by atoms with van der Waals surface area (Å²) < 4.78 is 45.5. The van der Waals surface area contributed by atoms with Gasteiger partial charge in [0.25, 0.3) is 5.88 Å². The molecule has 0 bridgehead atoms. The SMILES string of the molecule is COc1cc(OC)cc(-c2oc(NS(C)(=O)=O)c(OC(C)=O)c2O)c1. The molecule has 0 fully saturated rings. The van der Waals surface area contributed by atoms with E-state index >= 15 is 0 Å². The molecule has 0 aliphatic rings. The van der Waals surface area contributed by atoms with Crippen molar-refractivity contribution in [2.45, 2.75) is 6.92 Å². The number of benzene rings is 1. The highest BCUT2D eigenvalue weighted by molar-refractivity contribution is 7.92. The van der Waals surface area contributed by atoms with Gasteiger partial charge in [0.15, 0.2) is 5.76 Å². The second-order valence-corrected chi connectivity index (χ2v) is 6.76. The van der Waals surface area contributed by atoms with Gasteiger partial charge in [0, 0.05) is 18.6 Å². The molecule has 0 unspecified atom stereocenters. The number of hydrogen-bond donors (Lipinski definition) is 2. The summed E-state index contributed by atoms with van der Waals surface area (Å²) in [5.74, 6) is -1.46. The normalized spacial score (nSPS) is 11.0. The van der Waals surface area contributed by atoms with Crippen molar-refractivity contribution in [1.29, 1.82) is 0 Å². The second kappa shape index (κ2) is 6.93. The predicted octanol–water partition coefficient (Wildman–Crippen LogP) is 1.97. The quantitative estimate of drug-likeness (QED) is 0.739. The Morgan fingerprint density at radius 3 is 2.16 bits per heavy atom. The number of sulfonamides is 1. The predicted molar refractivity (Wildman–Crippen MR) is 88.7 cm³/mol. The molecule has 2 rings (SSSR count). The van der Waals surface area contributed by atoms with E-state index in [0.29, 0.717) is 17.1 Å². The minimum absolute atomic E-state index is 0.125. The van der Waals surface area contributed by atoms with Crippen molar-refractivity contribution >= 4 is 21.9 Å². The summed E-state index contributed by atoms with van der Waals surface area (Å²) >= 11 is 0. The number of furan rings is 1. The maximum atomic E-state index is 11.5. The van der Waals surface area contributed by atoms with Crippen molar-refractivity contribution in [3.8, 4) is 34.3 Å². The third-order valence-electron chi connectivity index (χ3n) is 2.98. The molecule has 0 aliphatic carbocycles. The molecule has 2 N–H and O–H groups in total. The van der Waals surface area contributed by atoms with Crippen molar-refractivity contribution in [2.24, 2.45) is 0 Å². The smallest absolute Gasteiger partial charge is 0.308 e. The lowest BCUT2D eigenvalue weighted by Crippen LogP contribution is -2.11. The lowest BCUT2D eigenvalue weighted by Gasteiger charge is -2.07. The fourth-order valence-corrected chi connectivity index (χ4v) is 2.49. The Hall–Kier alpha value is -2.88. The Morgan fingerprint density at radius 1 is 1.16 bits per heavy atom. The maximum Gasteiger partial charge on any atom is 0.308 e. The summed E-state index contributed by atoms with van der Waals surface area (Å²) in [7, 11) is -0.850. The topological polar surface area (TPSA) is 124 Å². The number of carbonyl (C=O) groups excluding carboxylic acids is 1. The molecule has 0 saturated heterocycles. The zero-order chi connectivity index (χ0) is 18.8. The summed E-state index contributed by atoms with van der Waals surface area (Å²) in [6.45, 7) is 1.10. The van der Waals surface area contributed by atoms with Crippen LogP contribution in [0.15, 0.2) is 22.6 Å².